The Kier molecular flexibility index (Phi) is 4.04. The average molecular weight is 278 g/mol. The number of nitrogens with zero attached hydrogens (tertiary/aromatic N) is 1. The van der Waals surface area contributed by atoms with Gasteiger partial charge in [-0.2, -0.15) is 0 Å². The molecule has 19 heavy (non-hydrogen) atoms. The lowest BCUT2D eigenvalue weighted by atomic mass is 10.2. The summed E-state index contributed by atoms with van der Waals surface area (Å²) < 4.78 is 5.43. The van der Waals surface area contributed by atoms with E-state index in [0.717, 1.165) is 22.8 Å². The maximum atomic E-state index is 12.0. The zero-order chi connectivity index (χ0) is 14.0. The Morgan fingerprint density at radius 2 is 2.16 bits per heavy atom. The standard InChI is InChI=1S/C14H18N2O2S/c1-5-11-6-12(19-10(11)4)14(17)15-7-13-16-8(2)9(3)18-13/h6H,5,7H2,1-4H3,(H,15,17). The van der Waals surface area contributed by atoms with E-state index >= 15 is 0 Å². The number of amides is 1. The third-order valence-electron chi connectivity index (χ3n) is 3.10. The van der Waals surface area contributed by atoms with Crippen molar-refractivity contribution in [2.45, 2.75) is 40.7 Å². The Hall–Kier alpha value is -1.62. The second-order valence-electron chi connectivity index (χ2n) is 4.48. The second-order valence-corrected chi connectivity index (χ2v) is 5.73. The fraction of sp³-hybridized carbons (Fsp3) is 0.429. The van der Waals surface area contributed by atoms with Crippen molar-refractivity contribution in [1.29, 1.82) is 0 Å². The number of oxazole rings is 1. The number of rotatable bonds is 4. The van der Waals surface area contributed by atoms with Crippen LogP contribution >= 0.6 is 11.3 Å². The van der Waals surface area contributed by atoms with Crippen LogP contribution < -0.4 is 5.32 Å². The maximum Gasteiger partial charge on any atom is 0.261 e. The van der Waals surface area contributed by atoms with Gasteiger partial charge in [0.05, 0.1) is 17.1 Å². The highest BCUT2D eigenvalue weighted by atomic mass is 32.1. The molecule has 0 fully saturated rings. The van der Waals surface area contributed by atoms with E-state index in [1.165, 1.54) is 21.8 Å². The summed E-state index contributed by atoms with van der Waals surface area (Å²) in [6, 6.07) is 1.96. The van der Waals surface area contributed by atoms with E-state index in [0.29, 0.717) is 12.4 Å². The van der Waals surface area contributed by atoms with Gasteiger partial charge in [0.15, 0.2) is 0 Å². The summed E-state index contributed by atoms with van der Waals surface area (Å²) in [4.78, 5) is 18.2. The Morgan fingerprint density at radius 3 is 2.68 bits per heavy atom. The quantitative estimate of drug-likeness (QED) is 0.934. The van der Waals surface area contributed by atoms with Crippen molar-refractivity contribution in [1.82, 2.24) is 10.3 Å². The van der Waals surface area contributed by atoms with E-state index in [-0.39, 0.29) is 5.91 Å². The molecule has 0 spiro atoms. The number of carbonyl (C=O) groups excluding carboxylic acids is 1. The molecular weight excluding hydrogens is 260 g/mol. The van der Waals surface area contributed by atoms with E-state index in [4.69, 9.17) is 4.42 Å². The fourth-order valence-electron chi connectivity index (χ4n) is 1.84. The lowest BCUT2D eigenvalue weighted by Gasteiger charge is -1.99. The van der Waals surface area contributed by atoms with E-state index in [1.807, 2.05) is 26.8 Å². The molecule has 2 rings (SSSR count). The molecule has 102 valence electrons. The number of hydrogen-bond donors (Lipinski definition) is 1. The smallest absolute Gasteiger partial charge is 0.261 e. The Balaban J connectivity index is 2.00. The average Bonchev–Trinajstić information content (AvgIpc) is 2.90. The molecule has 0 radical (unpaired) electrons. The molecule has 0 aromatic carbocycles. The zero-order valence-corrected chi connectivity index (χ0v) is 12.5. The molecule has 2 aromatic rings. The predicted molar refractivity (Wildman–Crippen MR) is 75.6 cm³/mol. The summed E-state index contributed by atoms with van der Waals surface area (Å²) in [7, 11) is 0. The maximum absolute atomic E-state index is 12.0. The minimum absolute atomic E-state index is 0.0682. The molecule has 1 amide bonds. The molecule has 0 bridgehead atoms. The fourth-order valence-corrected chi connectivity index (χ4v) is 2.87. The van der Waals surface area contributed by atoms with E-state index in [1.54, 1.807) is 0 Å². The molecule has 0 saturated heterocycles. The van der Waals surface area contributed by atoms with Gasteiger partial charge in [-0.1, -0.05) is 6.92 Å². The van der Waals surface area contributed by atoms with Gasteiger partial charge in [-0.25, -0.2) is 4.98 Å². The summed E-state index contributed by atoms with van der Waals surface area (Å²) in [6.07, 6.45) is 0.952. The van der Waals surface area contributed by atoms with Crippen molar-refractivity contribution in [2.75, 3.05) is 0 Å². The number of thiophene rings is 1. The van der Waals surface area contributed by atoms with Gasteiger partial charge in [0.1, 0.15) is 5.76 Å². The Bertz CT molecular complexity index is 579. The Labute approximate surface area is 116 Å². The SMILES string of the molecule is CCc1cc(C(=O)NCc2nc(C)c(C)o2)sc1C. The van der Waals surface area contributed by atoms with Gasteiger partial charge in [-0.15, -0.1) is 11.3 Å². The minimum Gasteiger partial charge on any atom is -0.444 e. The summed E-state index contributed by atoms with van der Waals surface area (Å²) in [5, 5.41) is 2.84. The molecule has 0 aliphatic heterocycles. The number of aryl methyl sites for hydroxylation is 4. The number of nitrogens with one attached hydrogen (secondary N) is 1. The zero-order valence-electron chi connectivity index (χ0n) is 11.7. The van der Waals surface area contributed by atoms with E-state index in [9.17, 15) is 4.79 Å². The molecule has 0 aliphatic carbocycles. The molecule has 2 aromatic heterocycles. The normalized spacial score (nSPS) is 10.7. The van der Waals surface area contributed by atoms with Crippen LogP contribution in [0.25, 0.3) is 0 Å². The Morgan fingerprint density at radius 1 is 1.42 bits per heavy atom. The molecule has 0 saturated carbocycles. The van der Waals surface area contributed by atoms with Gasteiger partial charge in [0.25, 0.3) is 5.91 Å². The first-order chi connectivity index (χ1) is 9.01. The van der Waals surface area contributed by atoms with Gasteiger partial charge < -0.3 is 9.73 Å². The first kappa shape index (κ1) is 13.8. The number of aromatic nitrogens is 1. The van der Waals surface area contributed by atoms with Crippen LogP contribution in [0.5, 0.6) is 0 Å². The first-order valence-corrected chi connectivity index (χ1v) is 7.13. The van der Waals surface area contributed by atoms with Gasteiger partial charge >= 0.3 is 0 Å². The lowest BCUT2D eigenvalue weighted by molar-refractivity contribution is 0.0951. The van der Waals surface area contributed by atoms with Crippen molar-refractivity contribution in [3.63, 3.8) is 0 Å². The van der Waals surface area contributed by atoms with E-state index in [2.05, 4.69) is 17.2 Å². The molecule has 5 heteroatoms. The van der Waals surface area contributed by atoms with Gasteiger partial charge in [-0.05, 0) is 38.8 Å². The van der Waals surface area contributed by atoms with Crippen LogP contribution in [0.15, 0.2) is 10.5 Å². The lowest BCUT2D eigenvalue weighted by Crippen LogP contribution is -2.21. The monoisotopic (exact) mass is 278 g/mol. The second kappa shape index (κ2) is 5.57. The van der Waals surface area contributed by atoms with Crippen LogP contribution in [0.4, 0.5) is 0 Å². The van der Waals surface area contributed by atoms with Gasteiger partial charge in [0.2, 0.25) is 5.89 Å². The highest BCUT2D eigenvalue weighted by molar-refractivity contribution is 7.14. The van der Waals surface area contributed by atoms with Crippen LogP contribution in [0, 0.1) is 20.8 Å². The van der Waals surface area contributed by atoms with Crippen LogP contribution in [0.1, 0.15) is 44.4 Å². The van der Waals surface area contributed by atoms with Crippen molar-refractivity contribution in [3.05, 3.63) is 38.7 Å². The predicted octanol–water partition coefficient (Wildman–Crippen LogP) is 3.15. The van der Waals surface area contributed by atoms with Crippen molar-refractivity contribution in [2.24, 2.45) is 0 Å². The molecule has 4 nitrogen and oxygen atoms in total. The third kappa shape index (κ3) is 3.04. The van der Waals surface area contributed by atoms with Gasteiger partial charge in [0, 0.05) is 4.88 Å². The van der Waals surface area contributed by atoms with Crippen molar-refractivity contribution in [3.8, 4) is 0 Å². The van der Waals surface area contributed by atoms with Crippen molar-refractivity contribution < 1.29 is 9.21 Å². The molecule has 0 atom stereocenters. The van der Waals surface area contributed by atoms with Crippen LogP contribution in [0.3, 0.4) is 0 Å². The minimum atomic E-state index is -0.0682. The highest BCUT2D eigenvalue weighted by Crippen LogP contribution is 2.22. The summed E-state index contributed by atoms with van der Waals surface area (Å²) >= 11 is 1.53. The molecule has 0 unspecified atom stereocenters. The molecular formula is C14H18N2O2S. The first-order valence-electron chi connectivity index (χ1n) is 6.31. The molecule has 2 heterocycles. The van der Waals surface area contributed by atoms with E-state index < -0.39 is 0 Å². The van der Waals surface area contributed by atoms with Crippen molar-refractivity contribution >= 4 is 17.2 Å². The molecule has 1 N–H and O–H groups in total. The van der Waals surface area contributed by atoms with Crippen LogP contribution in [-0.2, 0) is 13.0 Å². The largest absolute Gasteiger partial charge is 0.444 e. The highest BCUT2D eigenvalue weighted by Gasteiger charge is 2.13. The summed E-state index contributed by atoms with van der Waals surface area (Å²) in [5.41, 5.74) is 2.10. The third-order valence-corrected chi connectivity index (χ3v) is 4.19. The number of hydrogen-bond acceptors (Lipinski definition) is 4. The topological polar surface area (TPSA) is 55.1 Å². The summed E-state index contributed by atoms with van der Waals surface area (Å²) in [5.74, 6) is 1.28. The van der Waals surface area contributed by atoms with Gasteiger partial charge in [-0.3, -0.25) is 4.79 Å². The van der Waals surface area contributed by atoms with Crippen LogP contribution in [-0.4, -0.2) is 10.9 Å². The number of carbonyl (C=O) groups is 1. The summed E-state index contributed by atoms with van der Waals surface area (Å²) in [6.45, 7) is 8.21. The van der Waals surface area contributed by atoms with Crippen LogP contribution in [0.2, 0.25) is 0 Å². The molecule has 0 aliphatic rings.